The van der Waals surface area contributed by atoms with E-state index >= 15 is 0 Å². The zero-order valence-electron chi connectivity index (χ0n) is 10.8. The second-order valence-corrected chi connectivity index (χ2v) is 5.91. The summed E-state index contributed by atoms with van der Waals surface area (Å²) in [6, 6.07) is 0. The summed E-state index contributed by atoms with van der Waals surface area (Å²) in [5, 5.41) is 10.8. The molecule has 0 amide bonds. The lowest BCUT2D eigenvalue weighted by Crippen LogP contribution is -2.46. The van der Waals surface area contributed by atoms with E-state index in [9.17, 15) is 9.90 Å². The van der Waals surface area contributed by atoms with Crippen molar-refractivity contribution in [3.8, 4) is 0 Å². The Hall–Kier alpha value is -0.890. The van der Waals surface area contributed by atoms with Gasteiger partial charge in [0.05, 0.1) is 0 Å². The Morgan fingerprint density at radius 1 is 1.59 bits per heavy atom. The zero-order chi connectivity index (χ0) is 12.7. The van der Waals surface area contributed by atoms with Crippen LogP contribution in [0.3, 0.4) is 0 Å². The van der Waals surface area contributed by atoms with Crippen LogP contribution in [0.2, 0.25) is 0 Å². The van der Waals surface area contributed by atoms with E-state index in [4.69, 9.17) is 0 Å². The first-order chi connectivity index (χ1) is 7.94. The first kappa shape index (κ1) is 12.6. The Balaban J connectivity index is 2.43. The zero-order valence-corrected chi connectivity index (χ0v) is 10.8. The van der Waals surface area contributed by atoms with Crippen LogP contribution in [0.5, 0.6) is 0 Å². The third kappa shape index (κ3) is 1.79. The molecule has 1 N–H and O–H groups in total. The fourth-order valence-corrected chi connectivity index (χ4v) is 3.46. The van der Waals surface area contributed by atoms with Gasteiger partial charge >= 0.3 is 0 Å². The SMILES string of the molecule is C=C(C)[C@@]1(O)CCC[C@H]2C1=CCC[C@@]2(C)C=O. The van der Waals surface area contributed by atoms with Crippen LogP contribution in [-0.4, -0.2) is 17.0 Å². The van der Waals surface area contributed by atoms with Crippen LogP contribution < -0.4 is 0 Å². The van der Waals surface area contributed by atoms with Gasteiger partial charge in [0.25, 0.3) is 0 Å². The fraction of sp³-hybridized carbons (Fsp3) is 0.667. The molecule has 2 nitrogen and oxygen atoms in total. The van der Waals surface area contributed by atoms with Gasteiger partial charge in [-0.1, -0.05) is 19.6 Å². The van der Waals surface area contributed by atoms with Crippen LogP contribution in [0, 0.1) is 11.3 Å². The molecule has 0 unspecified atom stereocenters. The topological polar surface area (TPSA) is 37.3 Å². The van der Waals surface area contributed by atoms with E-state index in [2.05, 4.69) is 12.7 Å². The molecule has 0 aromatic carbocycles. The number of hydrogen-bond donors (Lipinski definition) is 1. The summed E-state index contributed by atoms with van der Waals surface area (Å²) < 4.78 is 0. The molecule has 1 fully saturated rings. The quantitative estimate of drug-likeness (QED) is 0.589. The van der Waals surface area contributed by atoms with Gasteiger partial charge in [-0.15, -0.1) is 0 Å². The Kier molecular flexibility index (Phi) is 3.03. The predicted octanol–water partition coefficient (Wildman–Crippen LogP) is 3.02. The van der Waals surface area contributed by atoms with Crippen LogP contribution in [0.4, 0.5) is 0 Å². The Morgan fingerprint density at radius 3 is 2.88 bits per heavy atom. The summed E-state index contributed by atoms with van der Waals surface area (Å²) in [4.78, 5) is 11.4. The van der Waals surface area contributed by atoms with Crippen LogP contribution in [0.1, 0.15) is 46.0 Å². The average molecular weight is 234 g/mol. The molecule has 2 rings (SSSR count). The number of hydrogen-bond acceptors (Lipinski definition) is 2. The minimum atomic E-state index is -0.867. The highest BCUT2D eigenvalue weighted by Gasteiger charge is 2.48. The molecule has 0 aliphatic heterocycles. The lowest BCUT2D eigenvalue weighted by atomic mass is 9.58. The van der Waals surface area contributed by atoms with Crippen molar-refractivity contribution in [1.82, 2.24) is 0 Å². The van der Waals surface area contributed by atoms with Gasteiger partial charge in [0.1, 0.15) is 11.9 Å². The number of aliphatic hydroxyl groups is 1. The van der Waals surface area contributed by atoms with Gasteiger partial charge in [-0.25, -0.2) is 0 Å². The Labute approximate surface area is 103 Å². The number of aldehydes is 1. The van der Waals surface area contributed by atoms with Gasteiger partial charge in [-0.3, -0.25) is 0 Å². The number of rotatable bonds is 2. The van der Waals surface area contributed by atoms with Crippen molar-refractivity contribution in [1.29, 1.82) is 0 Å². The van der Waals surface area contributed by atoms with Crippen molar-refractivity contribution in [2.75, 3.05) is 0 Å². The molecule has 0 heterocycles. The summed E-state index contributed by atoms with van der Waals surface area (Å²) in [7, 11) is 0. The standard InChI is InChI=1S/C15H22O2/c1-11(2)15(17)9-5-6-12-13(15)7-4-8-14(12,3)10-16/h7,10,12,17H,1,4-6,8-9H2,2-3H3/t12-,14-,15-/m0/s1. The van der Waals surface area contributed by atoms with E-state index in [1.165, 1.54) is 0 Å². The lowest BCUT2D eigenvalue weighted by molar-refractivity contribution is -0.119. The minimum absolute atomic E-state index is 0.198. The lowest BCUT2D eigenvalue weighted by Gasteiger charge is -2.48. The van der Waals surface area contributed by atoms with E-state index in [1.54, 1.807) is 0 Å². The smallest absolute Gasteiger partial charge is 0.126 e. The van der Waals surface area contributed by atoms with Crippen LogP contribution in [0.25, 0.3) is 0 Å². The van der Waals surface area contributed by atoms with Gasteiger partial charge < -0.3 is 9.90 Å². The number of fused-ring (bicyclic) bond motifs is 1. The van der Waals surface area contributed by atoms with Crippen molar-refractivity contribution in [3.63, 3.8) is 0 Å². The molecule has 17 heavy (non-hydrogen) atoms. The monoisotopic (exact) mass is 234 g/mol. The van der Waals surface area contributed by atoms with Crippen LogP contribution >= 0.6 is 0 Å². The molecule has 0 aromatic heterocycles. The first-order valence-corrected chi connectivity index (χ1v) is 6.49. The molecule has 0 bridgehead atoms. The highest BCUT2D eigenvalue weighted by atomic mass is 16.3. The summed E-state index contributed by atoms with van der Waals surface area (Å²) >= 11 is 0. The molecule has 0 saturated heterocycles. The molecule has 2 heteroatoms. The van der Waals surface area contributed by atoms with E-state index in [0.29, 0.717) is 0 Å². The third-order valence-corrected chi connectivity index (χ3v) is 4.70. The van der Waals surface area contributed by atoms with Crippen LogP contribution in [0.15, 0.2) is 23.8 Å². The molecular formula is C15H22O2. The molecule has 94 valence electrons. The Bertz CT molecular complexity index is 382. The van der Waals surface area contributed by atoms with Gasteiger partial charge in [-0.2, -0.15) is 0 Å². The third-order valence-electron chi connectivity index (χ3n) is 4.70. The molecular weight excluding hydrogens is 212 g/mol. The normalized spacial score (nSPS) is 41.4. The van der Waals surface area contributed by atoms with Crippen molar-refractivity contribution >= 4 is 6.29 Å². The first-order valence-electron chi connectivity index (χ1n) is 6.49. The second kappa shape index (κ2) is 4.09. The predicted molar refractivity (Wildman–Crippen MR) is 68.6 cm³/mol. The average Bonchev–Trinajstić information content (AvgIpc) is 2.31. The summed E-state index contributed by atoms with van der Waals surface area (Å²) in [5.41, 5.74) is 0.697. The van der Waals surface area contributed by atoms with E-state index in [-0.39, 0.29) is 11.3 Å². The molecule has 1 saturated carbocycles. The fourth-order valence-electron chi connectivity index (χ4n) is 3.46. The van der Waals surface area contributed by atoms with E-state index in [1.807, 2.05) is 13.8 Å². The highest BCUT2D eigenvalue weighted by Crippen LogP contribution is 2.52. The highest BCUT2D eigenvalue weighted by molar-refractivity contribution is 5.62. The van der Waals surface area contributed by atoms with Crippen molar-refractivity contribution < 1.29 is 9.90 Å². The molecule has 2 aliphatic rings. The number of carbonyl (C=O) groups excluding carboxylic acids is 1. The molecule has 3 atom stereocenters. The maximum atomic E-state index is 11.4. The van der Waals surface area contributed by atoms with Gasteiger partial charge in [-0.05, 0) is 56.1 Å². The summed E-state index contributed by atoms with van der Waals surface area (Å²) in [6.45, 7) is 7.85. The summed E-state index contributed by atoms with van der Waals surface area (Å²) in [5.74, 6) is 0.198. The van der Waals surface area contributed by atoms with Gasteiger partial charge in [0, 0.05) is 5.41 Å². The number of allylic oxidation sites excluding steroid dienone is 1. The summed E-state index contributed by atoms with van der Waals surface area (Å²) in [6.07, 6.45) is 7.75. The maximum Gasteiger partial charge on any atom is 0.126 e. The molecule has 0 aromatic rings. The largest absolute Gasteiger partial charge is 0.381 e. The maximum absolute atomic E-state index is 11.4. The van der Waals surface area contributed by atoms with Crippen LogP contribution in [-0.2, 0) is 4.79 Å². The van der Waals surface area contributed by atoms with Gasteiger partial charge in [0.15, 0.2) is 0 Å². The number of carbonyl (C=O) groups is 1. The molecule has 0 radical (unpaired) electrons. The molecule has 0 spiro atoms. The van der Waals surface area contributed by atoms with Crippen molar-refractivity contribution in [2.45, 2.75) is 51.6 Å². The van der Waals surface area contributed by atoms with E-state index in [0.717, 1.165) is 49.5 Å². The van der Waals surface area contributed by atoms with Gasteiger partial charge in [0.2, 0.25) is 0 Å². The van der Waals surface area contributed by atoms with E-state index < -0.39 is 5.60 Å². The van der Waals surface area contributed by atoms with Crippen molar-refractivity contribution in [2.24, 2.45) is 11.3 Å². The second-order valence-electron chi connectivity index (χ2n) is 5.91. The Morgan fingerprint density at radius 2 is 2.29 bits per heavy atom. The molecule has 2 aliphatic carbocycles. The minimum Gasteiger partial charge on any atom is -0.381 e. The van der Waals surface area contributed by atoms with Crippen molar-refractivity contribution in [3.05, 3.63) is 23.8 Å².